The number of amides is 2. The molecule has 2 heterocycles. The second-order valence-electron chi connectivity index (χ2n) is 6.48. The highest BCUT2D eigenvalue weighted by atomic mass is 32.1. The Hall–Kier alpha value is -2.71. The number of hydrogen-bond acceptors (Lipinski definition) is 5. The molecule has 0 saturated heterocycles. The van der Waals surface area contributed by atoms with E-state index in [9.17, 15) is 9.59 Å². The molecule has 1 atom stereocenters. The van der Waals surface area contributed by atoms with Crippen molar-refractivity contribution in [3.63, 3.8) is 0 Å². The van der Waals surface area contributed by atoms with Gasteiger partial charge in [-0.25, -0.2) is 4.98 Å². The number of rotatable bonds is 7. The van der Waals surface area contributed by atoms with Crippen LogP contribution in [0.2, 0.25) is 0 Å². The molecule has 0 fully saturated rings. The Balaban J connectivity index is 1.79. The van der Waals surface area contributed by atoms with E-state index in [1.165, 1.54) is 11.3 Å². The second kappa shape index (κ2) is 8.32. The van der Waals surface area contributed by atoms with Gasteiger partial charge in [-0.15, -0.1) is 0 Å². The van der Waals surface area contributed by atoms with Gasteiger partial charge < -0.3 is 20.3 Å². The van der Waals surface area contributed by atoms with Crippen molar-refractivity contribution in [2.24, 2.45) is 5.92 Å². The molecule has 0 saturated carbocycles. The third-order valence-corrected chi connectivity index (χ3v) is 5.14. The predicted molar refractivity (Wildman–Crippen MR) is 105 cm³/mol. The van der Waals surface area contributed by atoms with Gasteiger partial charge in [-0.2, -0.15) is 0 Å². The van der Waals surface area contributed by atoms with E-state index in [1.54, 1.807) is 12.1 Å². The van der Waals surface area contributed by atoms with Crippen LogP contribution < -0.4 is 10.6 Å². The molecule has 2 amide bonds. The van der Waals surface area contributed by atoms with Crippen LogP contribution in [0.15, 0.2) is 42.7 Å². The van der Waals surface area contributed by atoms with Crippen molar-refractivity contribution >= 4 is 33.4 Å². The minimum absolute atomic E-state index is 0.0832. The maximum atomic E-state index is 12.7. The minimum atomic E-state index is -0.670. The van der Waals surface area contributed by atoms with E-state index in [1.807, 2.05) is 49.0 Å². The summed E-state index contributed by atoms with van der Waals surface area (Å²) in [5, 5.41) is 15.1. The molecular weight excluding hydrogens is 364 g/mol. The lowest BCUT2D eigenvalue weighted by atomic mass is 10.0. The Kier molecular flexibility index (Phi) is 5.88. The average Bonchev–Trinajstić information content (AvgIpc) is 3.31. The van der Waals surface area contributed by atoms with E-state index < -0.39 is 6.04 Å². The fourth-order valence-corrected chi connectivity index (χ4v) is 3.65. The number of hydrogen-bond donors (Lipinski definition) is 3. The summed E-state index contributed by atoms with van der Waals surface area (Å²) in [4.78, 5) is 29.4. The van der Waals surface area contributed by atoms with Crippen LogP contribution in [0.4, 0.5) is 0 Å². The number of aliphatic hydroxyl groups excluding tert-OH is 1. The third-order valence-electron chi connectivity index (χ3n) is 4.11. The molecule has 3 aromatic rings. The molecule has 0 aliphatic heterocycles. The lowest BCUT2D eigenvalue weighted by Gasteiger charge is -2.21. The van der Waals surface area contributed by atoms with Crippen molar-refractivity contribution < 1.29 is 14.7 Å². The maximum Gasteiger partial charge on any atom is 0.251 e. The Labute approximate surface area is 161 Å². The van der Waals surface area contributed by atoms with E-state index in [-0.39, 0.29) is 30.9 Å². The first-order valence-electron chi connectivity index (χ1n) is 8.73. The average molecular weight is 386 g/mol. The Morgan fingerprint density at radius 1 is 1.26 bits per heavy atom. The van der Waals surface area contributed by atoms with Gasteiger partial charge in [0.1, 0.15) is 6.04 Å². The molecule has 7 nitrogen and oxygen atoms in total. The number of nitrogens with zero attached hydrogens (tertiary/aromatic N) is 2. The van der Waals surface area contributed by atoms with Crippen molar-refractivity contribution in [1.29, 1.82) is 0 Å². The number of aliphatic hydroxyl groups is 1. The van der Waals surface area contributed by atoms with Gasteiger partial charge in [0.15, 0.2) is 5.13 Å². The van der Waals surface area contributed by atoms with Gasteiger partial charge in [-0.3, -0.25) is 9.59 Å². The number of carbonyl (C=O) groups is 2. The first kappa shape index (κ1) is 19.1. The van der Waals surface area contributed by atoms with E-state index in [4.69, 9.17) is 5.11 Å². The van der Waals surface area contributed by atoms with Gasteiger partial charge in [-0.05, 0) is 36.2 Å². The SMILES string of the molecule is CC(C)[C@@H](NC(=O)c1ccc2nc(-n3cccc3)sc2c1)C(=O)NCCO. The molecule has 0 aliphatic rings. The van der Waals surface area contributed by atoms with E-state index >= 15 is 0 Å². The molecule has 3 N–H and O–H groups in total. The van der Waals surface area contributed by atoms with Crippen LogP contribution in [0.25, 0.3) is 15.3 Å². The molecular formula is C19H22N4O3S. The number of aromatic nitrogens is 2. The van der Waals surface area contributed by atoms with Gasteiger partial charge in [-0.1, -0.05) is 25.2 Å². The van der Waals surface area contributed by atoms with Crippen LogP contribution >= 0.6 is 11.3 Å². The van der Waals surface area contributed by atoms with Crippen LogP contribution in [0.1, 0.15) is 24.2 Å². The Morgan fingerprint density at radius 3 is 2.67 bits per heavy atom. The Morgan fingerprint density at radius 2 is 2.00 bits per heavy atom. The standard InChI is InChI=1S/C19H22N4O3S/c1-12(2)16(18(26)20-7-10-24)22-17(25)13-5-6-14-15(11-13)27-19(21-14)23-8-3-4-9-23/h3-6,8-9,11-12,16,24H,7,10H2,1-2H3,(H,20,26)(H,22,25)/t16-/m1/s1. The van der Waals surface area contributed by atoms with Gasteiger partial charge in [0.05, 0.1) is 16.8 Å². The summed E-state index contributed by atoms with van der Waals surface area (Å²) in [6.45, 7) is 3.74. The first-order valence-corrected chi connectivity index (χ1v) is 9.54. The van der Waals surface area contributed by atoms with E-state index in [0.29, 0.717) is 5.56 Å². The molecule has 0 unspecified atom stereocenters. The fraction of sp³-hybridized carbons (Fsp3) is 0.316. The molecule has 0 bridgehead atoms. The second-order valence-corrected chi connectivity index (χ2v) is 7.49. The van der Waals surface area contributed by atoms with Crippen molar-refractivity contribution in [1.82, 2.24) is 20.2 Å². The fourth-order valence-electron chi connectivity index (χ4n) is 2.67. The molecule has 3 rings (SSSR count). The molecule has 0 radical (unpaired) electrons. The zero-order chi connectivity index (χ0) is 19.4. The summed E-state index contributed by atoms with van der Waals surface area (Å²) >= 11 is 1.49. The van der Waals surface area contributed by atoms with E-state index in [0.717, 1.165) is 15.3 Å². The number of fused-ring (bicyclic) bond motifs is 1. The quantitative estimate of drug-likeness (QED) is 0.578. The normalized spacial score (nSPS) is 12.3. The van der Waals surface area contributed by atoms with Gasteiger partial charge >= 0.3 is 0 Å². The highest BCUT2D eigenvalue weighted by molar-refractivity contribution is 7.20. The van der Waals surface area contributed by atoms with Crippen LogP contribution in [-0.2, 0) is 4.79 Å². The number of benzene rings is 1. The van der Waals surface area contributed by atoms with Gasteiger partial charge in [0.2, 0.25) is 5.91 Å². The van der Waals surface area contributed by atoms with Crippen molar-refractivity contribution in [2.75, 3.05) is 13.2 Å². The summed E-state index contributed by atoms with van der Waals surface area (Å²) in [5.74, 6) is -0.702. The molecule has 1 aromatic carbocycles. The largest absolute Gasteiger partial charge is 0.395 e. The summed E-state index contributed by atoms with van der Waals surface area (Å²) in [6.07, 6.45) is 3.84. The van der Waals surface area contributed by atoms with Crippen LogP contribution in [0, 0.1) is 5.92 Å². The van der Waals surface area contributed by atoms with Crippen LogP contribution in [0.3, 0.4) is 0 Å². The van der Waals surface area contributed by atoms with Crippen LogP contribution in [0.5, 0.6) is 0 Å². The molecule has 2 aromatic heterocycles. The van der Waals surface area contributed by atoms with E-state index in [2.05, 4.69) is 15.6 Å². The number of nitrogens with one attached hydrogen (secondary N) is 2. The Bertz CT molecular complexity index is 934. The lowest BCUT2D eigenvalue weighted by molar-refractivity contribution is -0.124. The summed E-state index contributed by atoms with van der Waals surface area (Å²) in [7, 11) is 0. The first-order chi connectivity index (χ1) is 13.0. The monoisotopic (exact) mass is 386 g/mol. The molecule has 0 aliphatic carbocycles. The number of carbonyl (C=O) groups excluding carboxylic acids is 2. The molecule has 0 spiro atoms. The summed E-state index contributed by atoms with van der Waals surface area (Å²) < 4.78 is 2.82. The zero-order valence-corrected chi connectivity index (χ0v) is 16.0. The zero-order valence-electron chi connectivity index (χ0n) is 15.2. The molecule has 27 heavy (non-hydrogen) atoms. The third kappa shape index (κ3) is 4.35. The number of thiazole rings is 1. The minimum Gasteiger partial charge on any atom is -0.395 e. The van der Waals surface area contributed by atoms with Crippen molar-refractivity contribution in [2.45, 2.75) is 19.9 Å². The molecule has 8 heteroatoms. The summed E-state index contributed by atoms with van der Waals surface area (Å²) in [5.41, 5.74) is 1.30. The highest BCUT2D eigenvalue weighted by Crippen LogP contribution is 2.26. The molecule has 142 valence electrons. The van der Waals surface area contributed by atoms with Gasteiger partial charge in [0, 0.05) is 24.5 Å². The smallest absolute Gasteiger partial charge is 0.251 e. The van der Waals surface area contributed by atoms with Crippen molar-refractivity contribution in [3.05, 3.63) is 48.3 Å². The highest BCUT2D eigenvalue weighted by Gasteiger charge is 2.24. The topological polar surface area (TPSA) is 96.2 Å². The lowest BCUT2D eigenvalue weighted by Crippen LogP contribution is -2.50. The van der Waals surface area contributed by atoms with Crippen molar-refractivity contribution in [3.8, 4) is 5.13 Å². The summed E-state index contributed by atoms with van der Waals surface area (Å²) in [6, 6.07) is 8.50. The van der Waals surface area contributed by atoms with Gasteiger partial charge in [0.25, 0.3) is 5.91 Å². The van der Waals surface area contributed by atoms with Crippen LogP contribution in [-0.4, -0.2) is 45.7 Å². The maximum absolute atomic E-state index is 12.7. The predicted octanol–water partition coefficient (Wildman–Crippen LogP) is 1.95.